The van der Waals surface area contributed by atoms with Crippen LogP contribution >= 0.6 is 0 Å². The summed E-state index contributed by atoms with van der Waals surface area (Å²) in [6.45, 7) is -5.45. The van der Waals surface area contributed by atoms with Gasteiger partial charge in [-0.2, -0.15) is 0 Å². The van der Waals surface area contributed by atoms with E-state index in [0.29, 0.717) is 0 Å². The van der Waals surface area contributed by atoms with Crippen molar-refractivity contribution in [3.8, 4) is 11.5 Å². The summed E-state index contributed by atoms with van der Waals surface area (Å²) in [5, 5.41) is 0. The average molecular weight is 174 g/mol. The second-order valence-corrected chi connectivity index (χ2v) is 2.07. The van der Waals surface area contributed by atoms with Gasteiger partial charge < -0.3 is 9.47 Å². The number of hydrogen-bond acceptors (Lipinski definition) is 2. The highest BCUT2D eigenvalue weighted by Gasteiger charge is 2.03. The Balaban J connectivity index is 3.92. The molecule has 0 aliphatic carbocycles. The first-order valence-electron chi connectivity index (χ1n) is 7.22. The van der Waals surface area contributed by atoms with Gasteiger partial charge in [0, 0.05) is 8.22 Å². The summed E-state index contributed by atoms with van der Waals surface area (Å²) in [4.78, 5) is 0. The molecule has 2 heteroatoms. The number of rotatable bonds is 2. The molecule has 0 aliphatic rings. The molecule has 0 fully saturated rings. The van der Waals surface area contributed by atoms with Gasteiger partial charge >= 0.3 is 0 Å². The van der Waals surface area contributed by atoms with Gasteiger partial charge in [-0.05, 0) is 36.9 Å². The van der Waals surface area contributed by atoms with Crippen molar-refractivity contribution in [1.82, 2.24) is 0 Å². The molecule has 0 unspecified atom stereocenters. The predicted molar refractivity (Wildman–Crippen MR) is 49.0 cm³/mol. The van der Waals surface area contributed by atoms with E-state index >= 15 is 0 Å². The van der Waals surface area contributed by atoms with Crippen molar-refractivity contribution < 1.29 is 20.4 Å². The van der Waals surface area contributed by atoms with E-state index in [9.17, 15) is 0 Å². The third kappa shape index (κ3) is 1.52. The van der Waals surface area contributed by atoms with Crippen LogP contribution in [0.2, 0.25) is 0 Å². The van der Waals surface area contributed by atoms with Gasteiger partial charge in [0.2, 0.25) is 0 Å². The summed E-state index contributed by atoms with van der Waals surface area (Å²) in [6.07, 6.45) is 0. The number of hydrogen-bond donors (Lipinski definition) is 0. The molecule has 12 heavy (non-hydrogen) atoms. The van der Waals surface area contributed by atoms with Crippen LogP contribution in [0.1, 0.15) is 22.1 Å². The molecule has 0 aromatic heterocycles. The van der Waals surface area contributed by atoms with Crippen molar-refractivity contribution in [2.75, 3.05) is 14.2 Å². The third-order valence-electron chi connectivity index (χ3n) is 1.34. The van der Waals surface area contributed by atoms with Crippen molar-refractivity contribution in [3.63, 3.8) is 0 Å². The van der Waals surface area contributed by atoms with E-state index in [1.165, 1.54) is 0 Å². The minimum Gasteiger partial charge on any atom is -0.496 e. The lowest BCUT2D eigenvalue weighted by Crippen LogP contribution is -1.92. The number of methoxy groups -OCH3 is 2. The van der Waals surface area contributed by atoms with E-state index in [-0.39, 0.29) is 0 Å². The maximum atomic E-state index is 7.87. The lowest BCUT2D eigenvalue weighted by Gasteiger charge is -2.09. The van der Waals surface area contributed by atoms with Crippen LogP contribution in [0, 0.1) is 13.7 Å². The largest absolute Gasteiger partial charge is 0.496 e. The lowest BCUT2D eigenvalue weighted by atomic mass is 10.1. The normalized spacial score (nSPS) is 21.5. The highest BCUT2D eigenvalue weighted by Crippen LogP contribution is 2.26. The zero-order valence-corrected chi connectivity index (χ0v) is 6.82. The number of ether oxygens (including phenoxy) is 2. The van der Waals surface area contributed by atoms with E-state index in [1.807, 2.05) is 0 Å². The average Bonchev–Trinajstić information content (AvgIpc) is 2.27. The monoisotopic (exact) mass is 174 g/mol. The van der Waals surface area contributed by atoms with Crippen LogP contribution in [0.4, 0.5) is 0 Å². The SMILES string of the molecule is [2H]c1c(OC)c(C([2H])([2H])[2H])c([2H])c(OC)c1C([2H])([2H])[2H]. The molecule has 0 spiro atoms. The molecular weight excluding hydrogens is 152 g/mol. The van der Waals surface area contributed by atoms with E-state index < -0.39 is 48.4 Å². The summed E-state index contributed by atoms with van der Waals surface area (Å²) in [6, 6.07) is -1.21. The first-order chi connectivity index (χ1) is 8.96. The zero-order valence-electron chi connectivity index (χ0n) is 14.8. The van der Waals surface area contributed by atoms with E-state index in [4.69, 9.17) is 20.4 Å². The minimum atomic E-state index is -2.72. The fourth-order valence-electron chi connectivity index (χ4n) is 0.772. The van der Waals surface area contributed by atoms with Crippen LogP contribution in [-0.2, 0) is 0 Å². The van der Waals surface area contributed by atoms with Gasteiger partial charge in [-0.15, -0.1) is 0 Å². The van der Waals surface area contributed by atoms with Gasteiger partial charge in [-0.25, -0.2) is 0 Å². The molecule has 0 atom stereocenters. The Hall–Kier alpha value is -1.18. The molecule has 1 aromatic rings. The van der Waals surface area contributed by atoms with Gasteiger partial charge in [0.1, 0.15) is 11.5 Å². The Kier molecular flexibility index (Phi) is 0.854. The van der Waals surface area contributed by atoms with Crippen LogP contribution in [0.15, 0.2) is 12.1 Å². The Morgan fingerprint density at radius 3 is 1.75 bits per heavy atom. The molecule has 0 heterocycles. The highest BCUT2D eigenvalue weighted by atomic mass is 16.5. The Labute approximate surface area is 84.4 Å². The van der Waals surface area contributed by atoms with Gasteiger partial charge in [0.25, 0.3) is 0 Å². The quantitative estimate of drug-likeness (QED) is 0.685. The Bertz CT molecular complexity index is 470. The molecule has 66 valence electrons. The molecule has 1 aromatic carbocycles. The first kappa shape index (κ1) is 2.95. The highest BCUT2D eigenvalue weighted by molar-refractivity contribution is 5.45. The fourth-order valence-corrected chi connectivity index (χ4v) is 0.772. The molecule has 0 bridgehead atoms. The van der Waals surface area contributed by atoms with Crippen molar-refractivity contribution in [2.45, 2.75) is 13.7 Å². The standard InChI is InChI=1S/C10H14O2/c1-7-5-10(12-4)8(2)6-9(7)11-3/h5-6H,1-4H3/i1D3,2D3,5D,6D. The van der Waals surface area contributed by atoms with Crippen LogP contribution in [-0.4, -0.2) is 14.2 Å². The summed E-state index contributed by atoms with van der Waals surface area (Å²) in [5.41, 5.74) is -1.07. The number of benzene rings is 1. The van der Waals surface area contributed by atoms with Crippen LogP contribution in [0.3, 0.4) is 0 Å². The second kappa shape index (κ2) is 3.48. The van der Waals surface area contributed by atoms with Crippen LogP contribution in [0.25, 0.3) is 0 Å². The van der Waals surface area contributed by atoms with E-state index in [1.54, 1.807) is 0 Å². The lowest BCUT2D eigenvalue weighted by molar-refractivity contribution is 0.398. The molecular formula is C10H14O2. The molecule has 0 radical (unpaired) electrons. The summed E-state index contributed by atoms with van der Waals surface area (Å²) in [7, 11) is 2.25. The molecule has 0 aliphatic heterocycles. The van der Waals surface area contributed by atoms with Crippen molar-refractivity contribution >= 4 is 0 Å². The molecule has 2 nitrogen and oxygen atoms in total. The summed E-state index contributed by atoms with van der Waals surface area (Å²) >= 11 is 0. The third-order valence-corrected chi connectivity index (χ3v) is 1.34. The molecule has 1 rings (SSSR count). The zero-order chi connectivity index (χ0) is 15.9. The van der Waals surface area contributed by atoms with Crippen LogP contribution < -0.4 is 9.47 Å². The Morgan fingerprint density at radius 2 is 1.50 bits per heavy atom. The predicted octanol–water partition coefficient (Wildman–Crippen LogP) is 2.32. The topological polar surface area (TPSA) is 18.5 Å². The second-order valence-electron chi connectivity index (χ2n) is 2.07. The van der Waals surface area contributed by atoms with E-state index in [2.05, 4.69) is 0 Å². The summed E-state index contributed by atoms with van der Waals surface area (Å²) in [5.74, 6) is -0.885. The molecule has 0 saturated carbocycles. The molecule has 0 N–H and O–H groups in total. The van der Waals surface area contributed by atoms with Crippen LogP contribution in [0.5, 0.6) is 11.5 Å². The first-order valence-corrected chi connectivity index (χ1v) is 3.22. The maximum absolute atomic E-state index is 7.87. The van der Waals surface area contributed by atoms with Gasteiger partial charge in [0.15, 0.2) is 0 Å². The van der Waals surface area contributed by atoms with Gasteiger partial charge in [-0.3, -0.25) is 0 Å². The molecule has 0 amide bonds. The van der Waals surface area contributed by atoms with E-state index in [0.717, 1.165) is 14.2 Å². The minimum absolute atomic E-state index is 0.443. The van der Waals surface area contributed by atoms with Crippen molar-refractivity contribution in [3.05, 3.63) is 23.2 Å². The van der Waals surface area contributed by atoms with Gasteiger partial charge in [-0.1, -0.05) is 0 Å². The molecule has 0 saturated heterocycles. The Morgan fingerprint density at radius 1 is 1.08 bits per heavy atom. The van der Waals surface area contributed by atoms with Crippen molar-refractivity contribution in [2.24, 2.45) is 0 Å². The maximum Gasteiger partial charge on any atom is 0.122 e. The van der Waals surface area contributed by atoms with Gasteiger partial charge in [0.05, 0.1) is 17.0 Å². The fraction of sp³-hybridized carbons (Fsp3) is 0.400. The smallest absolute Gasteiger partial charge is 0.122 e. The summed E-state index contributed by atoms with van der Waals surface area (Å²) < 4.78 is 69.9. The van der Waals surface area contributed by atoms with Crippen molar-refractivity contribution in [1.29, 1.82) is 0 Å².